The van der Waals surface area contributed by atoms with Crippen molar-refractivity contribution >= 4 is 44.8 Å². The first-order valence-electron chi connectivity index (χ1n) is 5.75. The van der Waals surface area contributed by atoms with Crippen molar-refractivity contribution in [3.63, 3.8) is 0 Å². The van der Waals surface area contributed by atoms with Gasteiger partial charge in [-0.05, 0) is 46.5 Å². The standard InChI is InChI=1S/C14H12BrClO2S/c15-11-7-12(19-8-11)6-10(14(17)18)5-9-3-1-2-4-13(9)16/h1-4,7-8,10H,5-6H2,(H,17,18). The third-order valence-electron chi connectivity index (χ3n) is 2.84. The van der Waals surface area contributed by atoms with Gasteiger partial charge in [-0.1, -0.05) is 29.8 Å². The molecule has 0 saturated heterocycles. The Hall–Kier alpha value is -0.840. The van der Waals surface area contributed by atoms with Gasteiger partial charge in [0.05, 0.1) is 5.92 Å². The largest absolute Gasteiger partial charge is 0.481 e. The summed E-state index contributed by atoms with van der Waals surface area (Å²) in [6, 6.07) is 9.35. The van der Waals surface area contributed by atoms with Crippen molar-refractivity contribution in [2.75, 3.05) is 0 Å². The Bertz CT molecular complexity index is 582. The molecule has 19 heavy (non-hydrogen) atoms. The Labute approximate surface area is 129 Å². The lowest BCUT2D eigenvalue weighted by Gasteiger charge is -2.12. The van der Waals surface area contributed by atoms with Crippen LogP contribution in [0.15, 0.2) is 40.2 Å². The van der Waals surface area contributed by atoms with Crippen LogP contribution in [0.2, 0.25) is 5.02 Å². The van der Waals surface area contributed by atoms with Gasteiger partial charge in [0.2, 0.25) is 0 Å². The number of hydrogen-bond donors (Lipinski definition) is 1. The first-order chi connectivity index (χ1) is 9.06. The van der Waals surface area contributed by atoms with Gasteiger partial charge in [0.25, 0.3) is 0 Å². The molecular formula is C14H12BrClO2S. The van der Waals surface area contributed by atoms with Gasteiger partial charge in [0.15, 0.2) is 0 Å². The van der Waals surface area contributed by atoms with Crippen LogP contribution in [0.3, 0.4) is 0 Å². The third-order valence-corrected chi connectivity index (χ3v) is 4.93. The molecule has 2 rings (SSSR count). The van der Waals surface area contributed by atoms with E-state index in [4.69, 9.17) is 11.6 Å². The molecule has 1 aromatic heterocycles. The van der Waals surface area contributed by atoms with E-state index in [1.54, 1.807) is 17.4 Å². The van der Waals surface area contributed by atoms with Crippen LogP contribution in [0, 0.1) is 5.92 Å². The van der Waals surface area contributed by atoms with Gasteiger partial charge in [-0.15, -0.1) is 11.3 Å². The lowest BCUT2D eigenvalue weighted by atomic mass is 9.95. The molecule has 100 valence electrons. The zero-order valence-electron chi connectivity index (χ0n) is 9.98. The Morgan fingerprint density at radius 2 is 2.11 bits per heavy atom. The minimum atomic E-state index is -0.788. The summed E-state index contributed by atoms with van der Waals surface area (Å²) in [6.07, 6.45) is 0.974. The molecule has 1 unspecified atom stereocenters. The molecule has 0 aliphatic heterocycles. The molecule has 0 aliphatic carbocycles. The van der Waals surface area contributed by atoms with Gasteiger partial charge in [0.1, 0.15) is 0 Å². The van der Waals surface area contributed by atoms with Crippen LogP contribution in [-0.2, 0) is 17.6 Å². The molecule has 0 fully saturated rings. The second-order valence-corrected chi connectivity index (χ2v) is 6.58. The molecule has 0 spiro atoms. The number of benzene rings is 1. The maximum atomic E-state index is 11.4. The van der Waals surface area contributed by atoms with Gasteiger partial charge < -0.3 is 5.11 Å². The minimum absolute atomic E-state index is 0.449. The van der Waals surface area contributed by atoms with Crippen molar-refractivity contribution in [2.24, 2.45) is 5.92 Å². The summed E-state index contributed by atoms with van der Waals surface area (Å²) in [7, 11) is 0. The van der Waals surface area contributed by atoms with Crippen molar-refractivity contribution in [1.82, 2.24) is 0 Å². The molecule has 0 aliphatic rings. The van der Waals surface area contributed by atoms with Crippen molar-refractivity contribution < 1.29 is 9.90 Å². The number of carbonyl (C=O) groups is 1. The van der Waals surface area contributed by atoms with Crippen molar-refractivity contribution in [2.45, 2.75) is 12.8 Å². The van der Waals surface area contributed by atoms with E-state index < -0.39 is 11.9 Å². The van der Waals surface area contributed by atoms with Gasteiger partial charge in [0, 0.05) is 19.8 Å². The average molecular weight is 360 g/mol. The Kier molecular flexibility index (Phi) is 5.02. The van der Waals surface area contributed by atoms with Gasteiger partial charge >= 0.3 is 5.97 Å². The summed E-state index contributed by atoms with van der Waals surface area (Å²) < 4.78 is 0.995. The summed E-state index contributed by atoms with van der Waals surface area (Å²) in [5.41, 5.74) is 0.882. The fourth-order valence-corrected chi connectivity index (χ4v) is 3.63. The quantitative estimate of drug-likeness (QED) is 0.843. The Balaban J connectivity index is 2.13. The molecule has 1 heterocycles. The number of thiophene rings is 1. The summed E-state index contributed by atoms with van der Waals surface area (Å²) in [6.45, 7) is 0. The number of hydrogen-bond acceptors (Lipinski definition) is 2. The van der Waals surface area contributed by atoms with E-state index in [9.17, 15) is 9.90 Å². The highest BCUT2D eigenvalue weighted by molar-refractivity contribution is 9.10. The van der Waals surface area contributed by atoms with Crippen LogP contribution in [0.25, 0.3) is 0 Å². The van der Waals surface area contributed by atoms with E-state index >= 15 is 0 Å². The maximum Gasteiger partial charge on any atom is 0.307 e. The van der Waals surface area contributed by atoms with Gasteiger partial charge in [-0.25, -0.2) is 0 Å². The zero-order valence-corrected chi connectivity index (χ0v) is 13.1. The number of carboxylic acid groups (broad SMARTS) is 1. The summed E-state index contributed by atoms with van der Waals surface area (Å²) in [5, 5.41) is 11.9. The smallest absolute Gasteiger partial charge is 0.307 e. The summed E-state index contributed by atoms with van der Waals surface area (Å²) in [5.74, 6) is -1.24. The van der Waals surface area contributed by atoms with Crippen LogP contribution in [-0.4, -0.2) is 11.1 Å². The first kappa shape index (κ1) is 14.6. The van der Waals surface area contributed by atoms with Crippen LogP contribution >= 0.6 is 38.9 Å². The van der Waals surface area contributed by atoms with E-state index in [1.807, 2.05) is 29.6 Å². The lowest BCUT2D eigenvalue weighted by Crippen LogP contribution is -2.18. The highest BCUT2D eigenvalue weighted by Gasteiger charge is 2.20. The zero-order chi connectivity index (χ0) is 13.8. The maximum absolute atomic E-state index is 11.4. The summed E-state index contributed by atoms with van der Waals surface area (Å²) in [4.78, 5) is 12.4. The second kappa shape index (κ2) is 6.55. The fourth-order valence-electron chi connectivity index (χ4n) is 1.88. The molecule has 0 bridgehead atoms. The average Bonchev–Trinajstić information content (AvgIpc) is 2.76. The molecule has 1 aromatic carbocycles. The molecule has 0 radical (unpaired) electrons. The molecule has 1 N–H and O–H groups in total. The predicted octanol–water partition coefficient (Wildman–Crippen LogP) is 4.65. The molecule has 0 amide bonds. The molecule has 2 nitrogen and oxygen atoms in total. The summed E-state index contributed by atoms with van der Waals surface area (Å²) >= 11 is 11.0. The monoisotopic (exact) mass is 358 g/mol. The number of halogens is 2. The van der Waals surface area contributed by atoms with Gasteiger partial charge in [-0.3, -0.25) is 4.79 Å². The van der Waals surface area contributed by atoms with Crippen molar-refractivity contribution in [3.05, 3.63) is 55.6 Å². The molecule has 5 heteroatoms. The van der Waals surface area contributed by atoms with E-state index in [1.165, 1.54) is 0 Å². The van der Waals surface area contributed by atoms with Crippen LogP contribution in [0.1, 0.15) is 10.4 Å². The lowest BCUT2D eigenvalue weighted by molar-refractivity contribution is -0.141. The Morgan fingerprint density at radius 3 is 2.68 bits per heavy atom. The number of rotatable bonds is 5. The van der Waals surface area contributed by atoms with E-state index in [-0.39, 0.29) is 0 Å². The highest BCUT2D eigenvalue weighted by Crippen LogP contribution is 2.25. The minimum Gasteiger partial charge on any atom is -0.481 e. The highest BCUT2D eigenvalue weighted by atomic mass is 79.9. The predicted molar refractivity (Wildman–Crippen MR) is 82.0 cm³/mol. The van der Waals surface area contributed by atoms with E-state index in [2.05, 4.69) is 15.9 Å². The van der Waals surface area contributed by atoms with Crippen molar-refractivity contribution in [3.8, 4) is 0 Å². The third kappa shape index (κ3) is 4.06. The van der Waals surface area contributed by atoms with E-state index in [0.717, 1.165) is 14.9 Å². The van der Waals surface area contributed by atoms with E-state index in [0.29, 0.717) is 17.9 Å². The van der Waals surface area contributed by atoms with Crippen molar-refractivity contribution in [1.29, 1.82) is 0 Å². The normalized spacial score (nSPS) is 12.3. The van der Waals surface area contributed by atoms with Crippen LogP contribution in [0.5, 0.6) is 0 Å². The second-order valence-electron chi connectivity index (χ2n) is 4.27. The SMILES string of the molecule is O=C(O)C(Cc1cc(Br)cs1)Cc1ccccc1Cl. The van der Waals surface area contributed by atoms with Crippen LogP contribution in [0.4, 0.5) is 0 Å². The van der Waals surface area contributed by atoms with Crippen LogP contribution < -0.4 is 0 Å². The van der Waals surface area contributed by atoms with Gasteiger partial charge in [-0.2, -0.15) is 0 Å². The molecular weight excluding hydrogens is 348 g/mol. The fraction of sp³-hybridized carbons (Fsp3) is 0.214. The molecule has 1 atom stereocenters. The molecule has 2 aromatic rings. The molecule has 0 saturated carbocycles. The Morgan fingerprint density at radius 1 is 1.37 bits per heavy atom. The topological polar surface area (TPSA) is 37.3 Å². The number of aliphatic carboxylic acids is 1. The number of carboxylic acids is 1. The first-order valence-corrected chi connectivity index (χ1v) is 7.80.